The lowest BCUT2D eigenvalue weighted by Crippen LogP contribution is -3.14. The number of benzene rings is 1. The van der Waals surface area contributed by atoms with Crippen LogP contribution in [0.4, 0.5) is 0 Å². The van der Waals surface area contributed by atoms with Crippen LogP contribution < -0.4 is 10.5 Å². The van der Waals surface area contributed by atoms with Crippen LogP contribution in [0.3, 0.4) is 0 Å². The largest absolute Gasteiger partial charge is 0.322 e. The predicted octanol–water partition coefficient (Wildman–Crippen LogP) is 1.98. The van der Waals surface area contributed by atoms with Gasteiger partial charge in [-0.1, -0.05) is 25.1 Å². The zero-order valence-corrected chi connectivity index (χ0v) is 18.0. The molecule has 4 rings (SSSR count). The van der Waals surface area contributed by atoms with E-state index in [9.17, 15) is 4.79 Å². The smallest absolute Gasteiger partial charge is 0.258 e. The van der Waals surface area contributed by atoms with Crippen LogP contribution in [0, 0.1) is 12.8 Å². The van der Waals surface area contributed by atoms with Gasteiger partial charge in [-0.05, 0) is 68.0 Å². The van der Waals surface area contributed by atoms with Crippen molar-refractivity contribution in [3.05, 3.63) is 51.6 Å². The Bertz CT molecular complexity index is 1080. The first-order valence-electron chi connectivity index (χ1n) is 10.5. The summed E-state index contributed by atoms with van der Waals surface area (Å²) in [6.45, 7) is 12.6. The first kappa shape index (κ1) is 19.8. The van der Waals surface area contributed by atoms with Crippen molar-refractivity contribution in [2.45, 2.75) is 59.0 Å². The summed E-state index contributed by atoms with van der Waals surface area (Å²) in [6, 6.07) is 7.96. The first-order valence-corrected chi connectivity index (χ1v) is 10.5. The molecule has 29 heavy (non-hydrogen) atoms. The van der Waals surface area contributed by atoms with Gasteiger partial charge in [-0.3, -0.25) is 4.79 Å². The molecule has 0 bridgehead atoms. The highest BCUT2D eigenvalue weighted by atomic mass is 16.1. The molecular formula is C22H31N6O+. The normalized spacial score (nSPS) is 21.4. The third kappa shape index (κ3) is 3.71. The molecule has 1 saturated heterocycles. The van der Waals surface area contributed by atoms with Gasteiger partial charge in [-0.2, -0.15) is 0 Å². The van der Waals surface area contributed by atoms with Gasteiger partial charge in [0.2, 0.25) is 5.82 Å². The van der Waals surface area contributed by atoms with Crippen LogP contribution in [0.1, 0.15) is 63.5 Å². The number of nitrogens with one attached hydrogen (secondary N) is 2. The average molecular weight is 396 g/mol. The molecule has 1 aliphatic rings. The number of piperidine rings is 1. The van der Waals surface area contributed by atoms with Crippen LogP contribution in [0.15, 0.2) is 29.1 Å². The topological polar surface area (TPSA) is 80.9 Å². The molecule has 3 heterocycles. The fourth-order valence-corrected chi connectivity index (χ4v) is 4.60. The van der Waals surface area contributed by atoms with Gasteiger partial charge < -0.3 is 9.88 Å². The van der Waals surface area contributed by atoms with E-state index >= 15 is 0 Å². The third-order valence-corrected chi connectivity index (χ3v) is 6.03. The highest BCUT2D eigenvalue weighted by Crippen LogP contribution is 2.24. The van der Waals surface area contributed by atoms with Gasteiger partial charge in [0.25, 0.3) is 5.56 Å². The van der Waals surface area contributed by atoms with Gasteiger partial charge in [0.1, 0.15) is 0 Å². The van der Waals surface area contributed by atoms with Gasteiger partial charge >= 0.3 is 0 Å². The minimum atomic E-state index is -0.266. The Labute approximate surface area is 171 Å². The second-order valence-corrected chi connectivity index (χ2v) is 9.51. The summed E-state index contributed by atoms with van der Waals surface area (Å²) in [4.78, 5) is 17.8. The second-order valence-electron chi connectivity index (χ2n) is 9.51. The molecule has 2 N–H and O–H groups in total. The maximum Gasteiger partial charge on any atom is 0.258 e. The molecule has 154 valence electrons. The van der Waals surface area contributed by atoms with E-state index in [4.69, 9.17) is 0 Å². The number of aryl methyl sites for hydroxylation is 1. The third-order valence-electron chi connectivity index (χ3n) is 6.03. The molecule has 0 amide bonds. The minimum Gasteiger partial charge on any atom is -0.322 e. The van der Waals surface area contributed by atoms with Crippen LogP contribution >= 0.6 is 0 Å². The van der Waals surface area contributed by atoms with Crippen molar-refractivity contribution in [2.24, 2.45) is 5.92 Å². The number of para-hydroxylation sites is 1. The molecule has 0 saturated carbocycles. The number of hydrogen-bond acceptors (Lipinski definition) is 4. The number of pyridine rings is 1. The number of likely N-dealkylation sites (tertiary alicyclic amines) is 1. The quantitative estimate of drug-likeness (QED) is 0.711. The fraction of sp³-hybridized carbons (Fsp3) is 0.545. The van der Waals surface area contributed by atoms with Crippen molar-refractivity contribution < 1.29 is 4.90 Å². The van der Waals surface area contributed by atoms with Crippen molar-refractivity contribution in [1.82, 2.24) is 25.2 Å². The maximum absolute atomic E-state index is 13.3. The van der Waals surface area contributed by atoms with E-state index in [0.717, 1.165) is 47.4 Å². The van der Waals surface area contributed by atoms with E-state index in [1.807, 2.05) is 29.8 Å². The molecule has 1 unspecified atom stereocenters. The molecule has 7 heteroatoms. The summed E-state index contributed by atoms with van der Waals surface area (Å²) < 4.78 is 1.88. The van der Waals surface area contributed by atoms with E-state index < -0.39 is 0 Å². The summed E-state index contributed by atoms with van der Waals surface area (Å²) >= 11 is 0. The van der Waals surface area contributed by atoms with Crippen LogP contribution in [-0.2, 0) is 5.54 Å². The lowest BCUT2D eigenvalue weighted by molar-refractivity contribution is -0.934. The number of nitrogens with zero attached hydrogens (tertiary/aromatic N) is 4. The summed E-state index contributed by atoms with van der Waals surface area (Å²) in [6.07, 6.45) is 2.38. The number of H-pyrrole nitrogens is 1. The second kappa shape index (κ2) is 7.37. The minimum absolute atomic E-state index is 0.0500. The zero-order valence-electron chi connectivity index (χ0n) is 18.0. The Morgan fingerprint density at radius 3 is 2.83 bits per heavy atom. The summed E-state index contributed by atoms with van der Waals surface area (Å²) in [7, 11) is 0. The van der Waals surface area contributed by atoms with Crippen molar-refractivity contribution in [2.75, 3.05) is 13.1 Å². The Balaban J connectivity index is 1.92. The Kier molecular flexibility index (Phi) is 5.02. The van der Waals surface area contributed by atoms with Gasteiger partial charge in [0.15, 0.2) is 6.04 Å². The standard InChI is InChI=1S/C22H30N6O/c1-14-8-7-11-27(13-14)19(20-24-25-26-28(20)22(3,4)5)17-12-16-10-6-9-15(2)18(16)23-21(17)29/h6,9-10,12,14,19H,7-8,11,13H2,1-5H3,(H,23,29)/p+1/t14-,19-/m0/s1. The molecule has 0 radical (unpaired) electrons. The van der Waals surface area contributed by atoms with Crippen molar-refractivity contribution >= 4 is 10.9 Å². The number of fused-ring (bicyclic) bond motifs is 1. The van der Waals surface area contributed by atoms with Crippen LogP contribution in [0.25, 0.3) is 10.9 Å². The zero-order chi connectivity index (χ0) is 20.8. The number of aromatic nitrogens is 5. The van der Waals surface area contributed by atoms with Gasteiger partial charge in [0.05, 0.1) is 29.7 Å². The van der Waals surface area contributed by atoms with E-state index in [1.54, 1.807) is 0 Å². The summed E-state index contributed by atoms with van der Waals surface area (Å²) in [5, 5.41) is 13.7. The lowest BCUT2D eigenvalue weighted by Gasteiger charge is -2.34. The van der Waals surface area contributed by atoms with Crippen molar-refractivity contribution in [1.29, 1.82) is 0 Å². The molecule has 7 nitrogen and oxygen atoms in total. The lowest BCUT2D eigenvalue weighted by atomic mass is 9.95. The fourth-order valence-electron chi connectivity index (χ4n) is 4.60. The van der Waals surface area contributed by atoms with Gasteiger partial charge in [-0.15, -0.1) is 5.10 Å². The van der Waals surface area contributed by atoms with E-state index in [0.29, 0.717) is 5.92 Å². The SMILES string of the molecule is Cc1cccc2cc([C@@H](c3nnnn3C(C)(C)C)[NH+]3CCC[C@H](C)C3)c(=O)[nH]c12. The molecule has 3 aromatic rings. The molecule has 2 aromatic heterocycles. The van der Waals surface area contributed by atoms with Gasteiger partial charge in [0, 0.05) is 5.92 Å². The molecule has 0 spiro atoms. The molecule has 3 atom stereocenters. The van der Waals surface area contributed by atoms with Crippen LogP contribution in [-0.4, -0.2) is 38.3 Å². The highest BCUT2D eigenvalue weighted by Gasteiger charge is 2.38. The number of aromatic amines is 1. The van der Waals surface area contributed by atoms with E-state index in [1.165, 1.54) is 11.3 Å². The molecule has 1 fully saturated rings. The van der Waals surface area contributed by atoms with E-state index in [2.05, 4.69) is 54.3 Å². The molecular weight excluding hydrogens is 364 g/mol. The van der Waals surface area contributed by atoms with Crippen molar-refractivity contribution in [3.8, 4) is 0 Å². The molecule has 0 aliphatic carbocycles. The summed E-state index contributed by atoms with van der Waals surface area (Å²) in [5.41, 5.74) is 2.40. The monoisotopic (exact) mass is 395 g/mol. The van der Waals surface area contributed by atoms with Crippen LogP contribution in [0.2, 0.25) is 0 Å². The summed E-state index contributed by atoms with van der Waals surface area (Å²) in [5.74, 6) is 1.38. The average Bonchev–Trinajstić information content (AvgIpc) is 3.13. The van der Waals surface area contributed by atoms with Crippen LogP contribution in [0.5, 0.6) is 0 Å². The van der Waals surface area contributed by atoms with E-state index in [-0.39, 0.29) is 17.1 Å². The Morgan fingerprint density at radius 1 is 1.31 bits per heavy atom. The number of hydrogen-bond donors (Lipinski definition) is 2. The van der Waals surface area contributed by atoms with Gasteiger partial charge in [-0.25, -0.2) is 4.68 Å². The molecule has 1 aromatic carbocycles. The van der Waals surface area contributed by atoms with Crippen molar-refractivity contribution in [3.63, 3.8) is 0 Å². The maximum atomic E-state index is 13.3. The number of rotatable bonds is 3. The predicted molar refractivity (Wildman–Crippen MR) is 113 cm³/mol. The number of quaternary nitrogens is 1. The Hall–Kier alpha value is -2.54. The number of tetrazole rings is 1. The first-order chi connectivity index (χ1) is 13.8. The highest BCUT2D eigenvalue weighted by molar-refractivity contribution is 5.82. The molecule has 1 aliphatic heterocycles. The Morgan fingerprint density at radius 2 is 2.10 bits per heavy atom.